The van der Waals surface area contributed by atoms with Crippen LogP contribution in [0.3, 0.4) is 0 Å². The molecular formula is C18H29N3O2. The van der Waals surface area contributed by atoms with Crippen molar-refractivity contribution in [1.29, 1.82) is 0 Å². The fraction of sp³-hybridized carbons (Fsp3) is 0.611. The molecular weight excluding hydrogens is 290 g/mol. The average Bonchev–Trinajstić information content (AvgIpc) is 2.57. The molecule has 5 heteroatoms. The van der Waals surface area contributed by atoms with Gasteiger partial charge >= 0.3 is 6.03 Å². The molecule has 0 aromatic heterocycles. The molecule has 1 aromatic carbocycles. The standard InChI is InChI=1S/C18H29N3O2/c1-15-4-6-17(7-5-15)14-16(2)20(3)18(22)19-8-9-21-10-12-23-13-11-21/h4-7,16H,8-14H2,1-3H3,(H,19,22). The number of hydrogen-bond donors (Lipinski definition) is 1. The van der Waals surface area contributed by atoms with Crippen molar-refractivity contribution in [2.24, 2.45) is 0 Å². The molecule has 1 saturated heterocycles. The van der Waals surface area contributed by atoms with E-state index in [1.165, 1.54) is 11.1 Å². The molecule has 0 saturated carbocycles. The van der Waals surface area contributed by atoms with Crippen LogP contribution in [0.15, 0.2) is 24.3 Å². The van der Waals surface area contributed by atoms with Crippen LogP contribution < -0.4 is 5.32 Å². The summed E-state index contributed by atoms with van der Waals surface area (Å²) in [5.41, 5.74) is 2.52. The summed E-state index contributed by atoms with van der Waals surface area (Å²) < 4.78 is 5.32. The molecule has 0 bridgehead atoms. The van der Waals surface area contributed by atoms with E-state index in [1.54, 1.807) is 4.90 Å². The lowest BCUT2D eigenvalue weighted by atomic mass is 10.1. The Balaban J connectivity index is 1.71. The number of likely N-dealkylation sites (N-methyl/N-ethyl adjacent to an activating group) is 1. The zero-order valence-electron chi connectivity index (χ0n) is 14.5. The van der Waals surface area contributed by atoms with Gasteiger partial charge in [-0.25, -0.2) is 4.79 Å². The van der Waals surface area contributed by atoms with Crippen molar-refractivity contribution in [3.63, 3.8) is 0 Å². The van der Waals surface area contributed by atoms with E-state index in [9.17, 15) is 4.79 Å². The Labute approximate surface area is 139 Å². The first-order valence-corrected chi connectivity index (χ1v) is 8.42. The maximum atomic E-state index is 12.2. The molecule has 0 aliphatic carbocycles. The van der Waals surface area contributed by atoms with Gasteiger partial charge in [0.25, 0.3) is 0 Å². The Hall–Kier alpha value is -1.59. The molecule has 5 nitrogen and oxygen atoms in total. The van der Waals surface area contributed by atoms with E-state index < -0.39 is 0 Å². The molecule has 128 valence electrons. The molecule has 1 fully saturated rings. The Kier molecular flexibility index (Phi) is 6.86. The Morgan fingerprint density at radius 2 is 1.96 bits per heavy atom. The highest BCUT2D eigenvalue weighted by molar-refractivity contribution is 5.74. The van der Waals surface area contributed by atoms with Crippen LogP contribution in [0, 0.1) is 6.92 Å². The smallest absolute Gasteiger partial charge is 0.317 e. The second-order valence-corrected chi connectivity index (χ2v) is 6.34. The third-order valence-corrected chi connectivity index (χ3v) is 4.44. The summed E-state index contributed by atoms with van der Waals surface area (Å²) in [6, 6.07) is 8.67. The predicted molar refractivity (Wildman–Crippen MR) is 92.8 cm³/mol. The van der Waals surface area contributed by atoms with E-state index in [-0.39, 0.29) is 12.1 Å². The monoisotopic (exact) mass is 319 g/mol. The number of nitrogens with one attached hydrogen (secondary N) is 1. The van der Waals surface area contributed by atoms with Gasteiger partial charge in [-0.3, -0.25) is 4.90 Å². The van der Waals surface area contributed by atoms with Crippen LogP contribution >= 0.6 is 0 Å². The number of hydrogen-bond acceptors (Lipinski definition) is 3. The molecule has 0 radical (unpaired) electrons. The Morgan fingerprint density at radius 3 is 2.61 bits per heavy atom. The fourth-order valence-electron chi connectivity index (χ4n) is 2.67. The molecule has 1 aromatic rings. The minimum absolute atomic E-state index is 0.00197. The maximum Gasteiger partial charge on any atom is 0.317 e. The SMILES string of the molecule is Cc1ccc(CC(C)N(C)C(=O)NCCN2CCOCC2)cc1. The third-order valence-electron chi connectivity index (χ3n) is 4.44. The van der Waals surface area contributed by atoms with E-state index >= 15 is 0 Å². The van der Waals surface area contributed by atoms with Crippen LogP contribution in [0.2, 0.25) is 0 Å². The number of nitrogens with zero attached hydrogens (tertiary/aromatic N) is 2. The Morgan fingerprint density at radius 1 is 1.30 bits per heavy atom. The van der Waals surface area contributed by atoms with Crippen LogP contribution in [0.4, 0.5) is 4.79 Å². The lowest BCUT2D eigenvalue weighted by Gasteiger charge is -2.28. The topological polar surface area (TPSA) is 44.8 Å². The number of benzene rings is 1. The summed E-state index contributed by atoms with van der Waals surface area (Å²) >= 11 is 0. The minimum atomic E-state index is -0.00197. The van der Waals surface area contributed by atoms with Crippen LogP contribution in [0.25, 0.3) is 0 Å². The van der Waals surface area contributed by atoms with Gasteiger partial charge in [-0.2, -0.15) is 0 Å². The lowest BCUT2D eigenvalue weighted by Crippen LogP contribution is -2.46. The van der Waals surface area contributed by atoms with E-state index in [4.69, 9.17) is 4.74 Å². The van der Waals surface area contributed by atoms with Crippen molar-refractivity contribution in [3.05, 3.63) is 35.4 Å². The fourth-order valence-corrected chi connectivity index (χ4v) is 2.67. The van der Waals surface area contributed by atoms with Gasteiger partial charge in [-0.1, -0.05) is 29.8 Å². The van der Waals surface area contributed by atoms with Crippen molar-refractivity contribution >= 4 is 6.03 Å². The van der Waals surface area contributed by atoms with E-state index in [1.807, 2.05) is 7.05 Å². The van der Waals surface area contributed by atoms with Gasteiger partial charge in [-0.15, -0.1) is 0 Å². The summed E-state index contributed by atoms with van der Waals surface area (Å²) in [6.07, 6.45) is 0.869. The highest BCUT2D eigenvalue weighted by Gasteiger charge is 2.16. The predicted octanol–water partition coefficient (Wildman–Crippen LogP) is 1.90. The Bertz CT molecular complexity index is 484. The maximum absolute atomic E-state index is 12.2. The van der Waals surface area contributed by atoms with Gasteiger partial charge in [0.05, 0.1) is 13.2 Å². The summed E-state index contributed by atoms with van der Waals surface area (Å²) in [5.74, 6) is 0. The number of morpholine rings is 1. The number of carbonyl (C=O) groups excluding carboxylic acids is 1. The van der Waals surface area contributed by atoms with Crippen molar-refractivity contribution in [2.45, 2.75) is 26.3 Å². The third kappa shape index (κ3) is 5.84. The minimum Gasteiger partial charge on any atom is -0.379 e. The van der Waals surface area contributed by atoms with Crippen molar-refractivity contribution in [1.82, 2.24) is 15.1 Å². The molecule has 0 spiro atoms. The van der Waals surface area contributed by atoms with Gasteiger partial charge < -0.3 is 15.0 Å². The average molecular weight is 319 g/mol. The van der Waals surface area contributed by atoms with Gasteiger partial charge in [0.1, 0.15) is 0 Å². The van der Waals surface area contributed by atoms with Crippen molar-refractivity contribution in [3.8, 4) is 0 Å². The quantitative estimate of drug-likeness (QED) is 0.871. The van der Waals surface area contributed by atoms with E-state index in [0.29, 0.717) is 6.54 Å². The van der Waals surface area contributed by atoms with Crippen molar-refractivity contribution < 1.29 is 9.53 Å². The van der Waals surface area contributed by atoms with Crippen LogP contribution in [0.1, 0.15) is 18.1 Å². The van der Waals surface area contributed by atoms with Gasteiger partial charge in [-0.05, 0) is 25.8 Å². The molecule has 23 heavy (non-hydrogen) atoms. The zero-order valence-corrected chi connectivity index (χ0v) is 14.5. The van der Waals surface area contributed by atoms with Crippen LogP contribution in [-0.4, -0.2) is 68.3 Å². The molecule has 1 atom stereocenters. The number of amides is 2. The number of carbonyl (C=O) groups is 1. The number of ether oxygens (including phenoxy) is 1. The molecule has 1 heterocycles. The van der Waals surface area contributed by atoms with Crippen LogP contribution in [0.5, 0.6) is 0 Å². The summed E-state index contributed by atoms with van der Waals surface area (Å²) in [4.78, 5) is 16.4. The molecule has 2 rings (SSSR count). The number of urea groups is 1. The molecule has 1 N–H and O–H groups in total. The number of aryl methyl sites for hydroxylation is 1. The van der Waals surface area contributed by atoms with Crippen molar-refractivity contribution in [2.75, 3.05) is 46.4 Å². The normalized spacial score (nSPS) is 16.8. The molecule has 1 aliphatic heterocycles. The van der Waals surface area contributed by atoms with E-state index in [0.717, 1.165) is 39.3 Å². The van der Waals surface area contributed by atoms with Gasteiger partial charge in [0.15, 0.2) is 0 Å². The highest BCUT2D eigenvalue weighted by atomic mass is 16.5. The lowest BCUT2D eigenvalue weighted by molar-refractivity contribution is 0.0386. The molecule has 2 amide bonds. The number of rotatable bonds is 6. The summed E-state index contributed by atoms with van der Waals surface area (Å²) in [7, 11) is 1.86. The second-order valence-electron chi connectivity index (χ2n) is 6.34. The zero-order chi connectivity index (χ0) is 16.7. The van der Waals surface area contributed by atoms with Crippen LogP contribution in [-0.2, 0) is 11.2 Å². The second kappa shape index (κ2) is 8.89. The largest absolute Gasteiger partial charge is 0.379 e. The summed E-state index contributed by atoms with van der Waals surface area (Å²) in [5, 5.41) is 3.01. The molecule has 1 aliphatic rings. The summed E-state index contributed by atoms with van der Waals surface area (Å²) in [6.45, 7) is 9.23. The van der Waals surface area contributed by atoms with Gasteiger partial charge in [0, 0.05) is 39.3 Å². The first-order chi connectivity index (χ1) is 11.1. The first kappa shape index (κ1) is 17.8. The van der Waals surface area contributed by atoms with E-state index in [2.05, 4.69) is 48.3 Å². The van der Waals surface area contributed by atoms with Gasteiger partial charge in [0.2, 0.25) is 0 Å². The molecule has 1 unspecified atom stereocenters. The first-order valence-electron chi connectivity index (χ1n) is 8.42. The highest BCUT2D eigenvalue weighted by Crippen LogP contribution is 2.09.